The van der Waals surface area contributed by atoms with Crippen molar-refractivity contribution >= 4 is 11.8 Å². The van der Waals surface area contributed by atoms with E-state index in [2.05, 4.69) is 18.4 Å². The zero-order valence-electron chi connectivity index (χ0n) is 22.8. The van der Waals surface area contributed by atoms with E-state index >= 15 is 0 Å². The molecule has 4 aromatic rings. The predicted octanol–water partition coefficient (Wildman–Crippen LogP) is 6.97. The Labute approximate surface area is 234 Å². The van der Waals surface area contributed by atoms with E-state index in [9.17, 15) is 19.1 Å². The quantitative estimate of drug-likeness (QED) is 0.184. The van der Waals surface area contributed by atoms with Crippen molar-refractivity contribution in [2.24, 2.45) is 0 Å². The molecule has 0 radical (unpaired) electrons. The van der Waals surface area contributed by atoms with Crippen molar-refractivity contribution in [3.05, 3.63) is 108 Å². The van der Waals surface area contributed by atoms with Crippen LogP contribution in [-0.2, 0) is 22.5 Å². The highest BCUT2D eigenvalue weighted by Gasteiger charge is 2.32. The van der Waals surface area contributed by atoms with E-state index in [1.165, 1.54) is 12.1 Å². The number of esters is 1. The summed E-state index contributed by atoms with van der Waals surface area (Å²) in [5.41, 5.74) is 5.82. The molecule has 1 saturated heterocycles. The lowest BCUT2D eigenvalue weighted by molar-refractivity contribution is -0.160. The molecular weight excluding hydrogens is 505 g/mol. The first-order valence-electron chi connectivity index (χ1n) is 13.8. The Balaban J connectivity index is 1.71. The van der Waals surface area contributed by atoms with Gasteiger partial charge in [0.25, 0.3) is 0 Å². The number of benzene rings is 3. The molecule has 1 aromatic heterocycles. The number of aliphatic hydroxyl groups is 1. The molecule has 1 N–H and O–H groups in total. The van der Waals surface area contributed by atoms with Crippen molar-refractivity contribution < 1.29 is 23.8 Å². The van der Waals surface area contributed by atoms with E-state index in [1.54, 1.807) is 12.1 Å². The molecule has 0 spiro atoms. The van der Waals surface area contributed by atoms with Crippen molar-refractivity contribution in [1.82, 2.24) is 4.57 Å². The van der Waals surface area contributed by atoms with Gasteiger partial charge in [-0.05, 0) is 46.9 Å². The molecule has 5 rings (SSSR count). The maximum absolute atomic E-state index is 14.2. The Hall–Kier alpha value is -4.03. The average Bonchev–Trinajstić information content (AvgIpc) is 3.28. The summed E-state index contributed by atoms with van der Waals surface area (Å²) >= 11 is 0. The first-order chi connectivity index (χ1) is 19.3. The molecule has 0 bridgehead atoms. The lowest BCUT2D eigenvalue weighted by Gasteiger charge is -2.27. The highest BCUT2D eigenvalue weighted by atomic mass is 19.1. The van der Waals surface area contributed by atoms with Crippen LogP contribution < -0.4 is 0 Å². The van der Waals surface area contributed by atoms with Gasteiger partial charge >= 0.3 is 5.97 Å². The van der Waals surface area contributed by atoms with Gasteiger partial charge in [0.2, 0.25) is 0 Å². The van der Waals surface area contributed by atoms with Crippen LogP contribution in [-0.4, -0.2) is 33.6 Å². The lowest BCUT2D eigenvalue weighted by atomic mass is 9.90. The second kappa shape index (κ2) is 12.0. The fourth-order valence-electron chi connectivity index (χ4n) is 5.73. The zero-order chi connectivity index (χ0) is 28.2. The van der Waals surface area contributed by atoms with Crippen LogP contribution in [0.1, 0.15) is 60.6 Å². The van der Waals surface area contributed by atoms with Crippen molar-refractivity contribution in [3.63, 3.8) is 0 Å². The van der Waals surface area contributed by atoms with Crippen LogP contribution in [0.25, 0.3) is 22.4 Å². The third-order valence-corrected chi connectivity index (χ3v) is 7.43. The number of hydrogen-bond acceptors (Lipinski definition) is 4. The van der Waals surface area contributed by atoms with E-state index in [0.29, 0.717) is 24.9 Å². The third-order valence-electron chi connectivity index (χ3n) is 7.43. The molecule has 1 aliphatic rings. The average molecular weight is 540 g/mol. The van der Waals surface area contributed by atoms with Gasteiger partial charge in [-0.25, -0.2) is 4.39 Å². The fraction of sp³-hybridized carbons (Fsp3) is 0.294. The second-order valence-electron chi connectivity index (χ2n) is 10.7. The molecule has 0 saturated carbocycles. The Kier molecular flexibility index (Phi) is 8.27. The summed E-state index contributed by atoms with van der Waals surface area (Å²) in [5.74, 6) is -0.736. The van der Waals surface area contributed by atoms with E-state index in [0.717, 1.165) is 33.6 Å². The summed E-state index contributed by atoms with van der Waals surface area (Å²) in [5, 5.41) is 10.2. The number of hydrogen-bond donors (Lipinski definition) is 1. The van der Waals surface area contributed by atoms with E-state index in [-0.39, 0.29) is 30.4 Å². The summed E-state index contributed by atoms with van der Waals surface area (Å²) in [4.78, 5) is 26.2. The molecular formula is C34H34FNO4. The number of aliphatic hydroxyl groups excluding tert-OH is 1. The molecule has 3 aromatic carbocycles. The van der Waals surface area contributed by atoms with Gasteiger partial charge in [0, 0.05) is 42.6 Å². The highest BCUT2D eigenvalue weighted by molar-refractivity contribution is 6.08. The summed E-state index contributed by atoms with van der Waals surface area (Å²) in [6.07, 6.45) is -0.0373. The number of ketones is 1. The molecule has 2 heterocycles. The van der Waals surface area contributed by atoms with E-state index in [4.69, 9.17) is 4.74 Å². The molecule has 40 heavy (non-hydrogen) atoms. The number of Topliss-reactive ketones (excluding diaryl/α,β-unsaturated/α-hetero) is 1. The van der Waals surface area contributed by atoms with Crippen LogP contribution in [0, 0.1) is 5.82 Å². The fourth-order valence-corrected chi connectivity index (χ4v) is 5.73. The number of cyclic esters (lactones) is 1. The monoisotopic (exact) mass is 539 g/mol. The maximum atomic E-state index is 14.2. The summed E-state index contributed by atoms with van der Waals surface area (Å²) in [7, 11) is 0. The van der Waals surface area contributed by atoms with Gasteiger partial charge in [-0.2, -0.15) is 0 Å². The largest absolute Gasteiger partial charge is 0.462 e. The number of ether oxygens (including phenoxy) is 1. The van der Waals surface area contributed by atoms with E-state index < -0.39 is 18.2 Å². The second-order valence-corrected chi connectivity index (χ2v) is 10.7. The summed E-state index contributed by atoms with van der Waals surface area (Å²) < 4.78 is 21.7. The minimum atomic E-state index is -0.722. The highest BCUT2D eigenvalue weighted by Crippen LogP contribution is 2.43. The van der Waals surface area contributed by atoms with Crippen molar-refractivity contribution in [2.75, 3.05) is 0 Å². The van der Waals surface area contributed by atoms with Crippen LogP contribution in [0.5, 0.6) is 0 Å². The zero-order valence-corrected chi connectivity index (χ0v) is 22.8. The topological polar surface area (TPSA) is 68.5 Å². The Morgan fingerprint density at radius 3 is 2.25 bits per heavy atom. The summed E-state index contributed by atoms with van der Waals surface area (Å²) in [6.45, 7) is 4.60. The molecule has 0 aliphatic carbocycles. The Bertz CT molecular complexity index is 1480. The number of carbonyl (C=O) groups excluding carboxylic acids is 2. The molecule has 6 heteroatoms. The van der Waals surface area contributed by atoms with Gasteiger partial charge in [-0.3, -0.25) is 9.59 Å². The molecule has 0 amide bonds. The lowest BCUT2D eigenvalue weighted by Crippen LogP contribution is -2.33. The maximum Gasteiger partial charge on any atom is 0.308 e. The van der Waals surface area contributed by atoms with Crippen molar-refractivity contribution in [1.29, 1.82) is 0 Å². The molecule has 1 fully saturated rings. The van der Waals surface area contributed by atoms with Gasteiger partial charge in [-0.15, -0.1) is 0 Å². The molecule has 206 valence electrons. The normalized spacial score (nSPS) is 17.2. The Morgan fingerprint density at radius 2 is 1.62 bits per heavy atom. The first kappa shape index (κ1) is 27.5. The standard InChI is InChI=1S/C34H34FNO4/c1-22(2)33-32(29(38)19-23-9-5-3-6-10-23)31(24-11-7-4-8-12-24)34(25-13-15-26(35)16-14-25)36(33)18-17-28-20-27(37)21-30(39)40-28/h3-16,22,27-28,37H,17-21H2,1-2H3. The van der Waals surface area contributed by atoms with Crippen molar-refractivity contribution in [3.8, 4) is 22.4 Å². The minimum absolute atomic E-state index is 0.00832. The summed E-state index contributed by atoms with van der Waals surface area (Å²) in [6, 6.07) is 25.9. The van der Waals surface area contributed by atoms with Gasteiger partial charge in [0.1, 0.15) is 11.9 Å². The van der Waals surface area contributed by atoms with Gasteiger partial charge in [0.15, 0.2) is 5.78 Å². The molecule has 5 nitrogen and oxygen atoms in total. The number of aromatic nitrogens is 1. The minimum Gasteiger partial charge on any atom is -0.462 e. The van der Waals surface area contributed by atoms with Gasteiger partial charge in [-0.1, -0.05) is 74.5 Å². The van der Waals surface area contributed by atoms with Crippen LogP contribution >= 0.6 is 0 Å². The molecule has 2 atom stereocenters. The van der Waals surface area contributed by atoms with Crippen LogP contribution in [0.4, 0.5) is 4.39 Å². The van der Waals surface area contributed by atoms with Crippen molar-refractivity contribution in [2.45, 2.75) is 64.2 Å². The van der Waals surface area contributed by atoms with Crippen LogP contribution in [0.3, 0.4) is 0 Å². The smallest absolute Gasteiger partial charge is 0.308 e. The molecule has 2 unspecified atom stereocenters. The number of nitrogens with zero attached hydrogens (tertiary/aromatic N) is 1. The van der Waals surface area contributed by atoms with Gasteiger partial charge < -0.3 is 14.4 Å². The number of rotatable bonds is 9. The molecule has 1 aliphatic heterocycles. The first-order valence-corrected chi connectivity index (χ1v) is 13.8. The Morgan fingerprint density at radius 1 is 0.975 bits per heavy atom. The predicted molar refractivity (Wildman–Crippen MR) is 154 cm³/mol. The number of carbonyl (C=O) groups is 2. The van der Waals surface area contributed by atoms with Crippen LogP contribution in [0.2, 0.25) is 0 Å². The number of halogens is 1. The van der Waals surface area contributed by atoms with Crippen LogP contribution in [0.15, 0.2) is 84.9 Å². The van der Waals surface area contributed by atoms with Gasteiger partial charge in [0.05, 0.1) is 18.2 Å². The SMILES string of the molecule is CC(C)c1c(C(=O)Cc2ccccc2)c(-c2ccccc2)c(-c2ccc(F)cc2)n1CCC1CC(O)CC(=O)O1. The van der Waals surface area contributed by atoms with E-state index in [1.807, 2.05) is 60.7 Å². The third kappa shape index (κ3) is 5.92.